The number of urea groups is 1. The molecule has 0 radical (unpaired) electrons. The van der Waals surface area contributed by atoms with E-state index >= 15 is 0 Å². The van der Waals surface area contributed by atoms with E-state index in [2.05, 4.69) is 16.0 Å². The van der Waals surface area contributed by atoms with Gasteiger partial charge >= 0.3 is 6.03 Å². The van der Waals surface area contributed by atoms with Gasteiger partial charge in [0.25, 0.3) is 0 Å². The van der Waals surface area contributed by atoms with Crippen molar-refractivity contribution < 1.29 is 33.3 Å². The lowest BCUT2D eigenvalue weighted by molar-refractivity contribution is -0.132. The minimum atomic E-state index is -0.0581. The maximum absolute atomic E-state index is 12.0. The van der Waals surface area contributed by atoms with Crippen molar-refractivity contribution in [3.05, 3.63) is 0 Å². The van der Waals surface area contributed by atoms with Crippen molar-refractivity contribution in [1.29, 1.82) is 0 Å². The number of nitrogens with one attached hydrogen (secondary N) is 3. The van der Waals surface area contributed by atoms with E-state index in [-0.39, 0.29) is 29.9 Å². The van der Waals surface area contributed by atoms with Crippen LogP contribution in [0.5, 0.6) is 0 Å². The Hall–Kier alpha value is -1.60. The van der Waals surface area contributed by atoms with Gasteiger partial charge in [-0.2, -0.15) is 11.8 Å². The topological polar surface area (TPSA) is 127 Å². The van der Waals surface area contributed by atoms with E-state index in [4.69, 9.17) is 18.9 Å². The molecule has 3 N–H and O–H groups in total. The molecule has 2 aliphatic rings. The van der Waals surface area contributed by atoms with Crippen LogP contribution in [0, 0.1) is 0 Å². The number of thioether (sulfide) groups is 1. The van der Waals surface area contributed by atoms with Crippen LogP contribution in [0.2, 0.25) is 0 Å². The van der Waals surface area contributed by atoms with Gasteiger partial charge in [0.1, 0.15) is 0 Å². The van der Waals surface area contributed by atoms with Crippen LogP contribution in [0.3, 0.4) is 0 Å². The Kier molecular flexibility index (Phi) is 16.6. The summed E-state index contributed by atoms with van der Waals surface area (Å²) in [5.74, 6) is 1.13. The number of carbonyl (C=O) groups excluding carboxylic acids is 3. The zero-order valence-electron chi connectivity index (χ0n) is 22.5. The molecule has 0 aromatic rings. The fourth-order valence-corrected chi connectivity index (χ4v) is 5.82. The average molecular weight is 547 g/mol. The summed E-state index contributed by atoms with van der Waals surface area (Å²) in [6.07, 6.45) is 3.75. The molecule has 3 unspecified atom stereocenters. The molecule has 11 nitrogen and oxygen atoms in total. The molecule has 214 valence electrons. The molecule has 0 saturated carbocycles. The Balaban J connectivity index is 1.27. The van der Waals surface area contributed by atoms with Crippen LogP contribution in [0.1, 0.15) is 46.0 Å². The van der Waals surface area contributed by atoms with E-state index in [1.54, 1.807) is 4.90 Å². The fourth-order valence-electron chi connectivity index (χ4n) is 4.28. The fraction of sp³-hybridized carbons (Fsp3) is 0.880. The number of unbranched alkanes of at least 4 members (excludes halogenated alkanes) is 1. The molecular formula is C25H46N4O7S. The first-order chi connectivity index (χ1) is 18.0. The minimum Gasteiger partial charge on any atom is -0.379 e. The van der Waals surface area contributed by atoms with Crippen LogP contribution in [0.25, 0.3) is 0 Å². The van der Waals surface area contributed by atoms with E-state index in [0.717, 1.165) is 38.1 Å². The van der Waals surface area contributed by atoms with Crippen LogP contribution >= 0.6 is 11.8 Å². The largest absolute Gasteiger partial charge is 0.379 e. The molecule has 37 heavy (non-hydrogen) atoms. The average Bonchev–Trinajstić information content (AvgIpc) is 3.44. The maximum atomic E-state index is 12.0. The third kappa shape index (κ3) is 13.2. The molecule has 4 amide bonds. The molecule has 2 rings (SSSR count). The predicted molar refractivity (Wildman–Crippen MR) is 143 cm³/mol. The lowest BCUT2D eigenvalue weighted by atomic mass is 10.0. The molecule has 2 heterocycles. The first-order valence-electron chi connectivity index (χ1n) is 13.6. The number of fused-ring (bicyclic) bond motifs is 1. The van der Waals surface area contributed by atoms with Crippen LogP contribution in [-0.2, 0) is 28.5 Å². The lowest BCUT2D eigenvalue weighted by Gasteiger charge is -2.18. The number of amides is 4. The molecule has 2 fully saturated rings. The van der Waals surface area contributed by atoms with Crippen LogP contribution in [0.15, 0.2) is 0 Å². The third-order valence-corrected chi connectivity index (χ3v) is 7.85. The molecule has 0 aromatic heterocycles. The summed E-state index contributed by atoms with van der Waals surface area (Å²) in [6.45, 7) is 9.55. The highest BCUT2D eigenvalue weighted by atomic mass is 32.2. The highest BCUT2D eigenvalue weighted by Crippen LogP contribution is 2.33. The Morgan fingerprint density at radius 3 is 2.16 bits per heavy atom. The maximum Gasteiger partial charge on any atom is 0.315 e. The van der Waals surface area contributed by atoms with E-state index in [1.165, 1.54) is 0 Å². The van der Waals surface area contributed by atoms with E-state index in [9.17, 15) is 14.4 Å². The second-order valence-electron chi connectivity index (χ2n) is 8.98. The second kappa shape index (κ2) is 19.5. The Labute approximate surface area is 225 Å². The van der Waals surface area contributed by atoms with E-state index < -0.39 is 0 Å². The van der Waals surface area contributed by atoms with E-state index in [0.29, 0.717) is 77.5 Å². The smallest absolute Gasteiger partial charge is 0.315 e. The molecule has 2 aliphatic heterocycles. The number of ether oxygens (including phenoxy) is 4. The second-order valence-corrected chi connectivity index (χ2v) is 10.3. The highest BCUT2D eigenvalue weighted by molar-refractivity contribution is 8.00. The van der Waals surface area contributed by atoms with Crippen molar-refractivity contribution in [2.24, 2.45) is 0 Å². The van der Waals surface area contributed by atoms with Gasteiger partial charge in [0.05, 0.1) is 71.4 Å². The Morgan fingerprint density at radius 1 is 0.892 bits per heavy atom. The molecular weight excluding hydrogens is 500 g/mol. The van der Waals surface area contributed by atoms with Crippen LogP contribution in [0.4, 0.5) is 4.79 Å². The van der Waals surface area contributed by atoms with Crippen molar-refractivity contribution in [3.8, 4) is 0 Å². The Morgan fingerprint density at radius 2 is 1.51 bits per heavy atom. The van der Waals surface area contributed by atoms with Gasteiger partial charge in [-0.1, -0.05) is 6.42 Å². The molecule has 2 saturated heterocycles. The van der Waals surface area contributed by atoms with Gasteiger partial charge in [-0.05, 0) is 26.7 Å². The van der Waals surface area contributed by atoms with Crippen LogP contribution < -0.4 is 16.0 Å². The Bertz CT molecular complexity index is 669. The van der Waals surface area contributed by atoms with E-state index in [1.807, 2.05) is 25.6 Å². The van der Waals surface area contributed by atoms with Crippen LogP contribution in [-0.4, -0.2) is 118 Å². The molecule has 0 bridgehead atoms. The lowest BCUT2D eigenvalue weighted by Crippen LogP contribution is -2.36. The summed E-state index contributed by atoms with van der Waals surface area (Å²) in [5, 5.41) is 9.27. The van der Waals surface area contributed by atoms with Gasteiger partial charge in [-0.15, -0.1) is 0 Å². The zero-order chi connectivity index (χ0) is 26.7. The first-order valence-corrected chi connectivity index (χ1v) is 14.6. The summed E-state index contributed by atoms with van der Waals surface area (Å²) in [7, 11) is 0. The number of carbonyl (C=O) groups is 3. The SMILES string of the molecule is CCN(CC)C(=O)CCOCCOCCOCCOCCNC(=O)CCCCC1SCC2NC(=O)NC21. The quantitative estimate of drug-likeness (QED) is 0.136. The summed E-state index contributed by atoms with van der Waals surface area (Å²) < 4.78 is 21.8. The predicted octanol–water partition coefficient (Wildman–Crippen LogP) is 1.15. The molecule has 0 spiro atoms. The summed E-state index contributed by atoms with van der Waals surface area (Å²) in [5.41, 5.74) is 0. The number of hydrogen-bond acceptors (Lipinski definition) is 8. The van der Waals surface area contributed by atoms with Gasteiger partial charge in [0.15, 0.2) is 0 Å². The van der Waals surface area contributed by atoms with Crippen molar-refractivity contribution >= 4 is 29.6 Å². The third-order valence-electron chi connectivity index (χ3n) is 6.34. The van der Waals surface area contributed by atoms with Gasteiger partial charge in [-0.3, -0.25) is 9.59 Å². The summed E-state index contributed by atoms with van der Waals surface area (Å²) >= 11 is 1.90. The van der Waals surface area contributed by atoms with Crippen molar-refractivity contribution in [3.63, 3.8) is 0 Å². The van der Waals surface area contributed by atoms with Crippen molar-refractivity contribution in [1.82, 2.24) is 20.9 Å². The molecule has 12 heteroatoms. The normalized spacial score (nSPS) is 20.4. The van der Waals surface area contributed by atoms with Gasteiger partial charge < -0.3 is 39.8 Å². The number of rotatable bonds is 22. The summed E-state index contributed by atoms with van der Waals surface area (Å²) in [4.78, 5) is 37.0. The standard InChI is InChI=1S/C25H46N4O7S/c1-3-29(4-2)23(31)9-11-33-13-15-35-17-18-36-16-14-34-12-10-26-22(30)8-6-5-7-21-24-20(19-37-21)27-25(32)28-24/h20-21,24H,3-19H2,1-2H3,(H,26,30)(H2,27,28,32). The molecule has 3 atom stereocenters. The number of hydrogen-bond donors (Lipinski definition) is 3. The van der Waals surface area contributed by atoms with Gasteiger partial charge in [-0.25, -0.2) is 4.79 Å². The van der Waals surface area contributed by atoms with Gasteiger partial charge in [0.2, 0.25) is 11.8 Å². The van der Waals surface area contributed by atoms with Gasteiger partial charge in [0, 0.05) is 37.1 Å². The number of nitrogens with zero attached hydrogens (tertiary/aromatic N) is 1. The highest BCUT2D eigenvalue weighted by Gasteiger charge is 2.42. The molecule has 0 aliphatic carbocycles. The van der Waals surface area contributed by atoms with Crippen molar-refractivity contribution in [2.45, 2.75) is 63.3 Å². The summed E-state index contributed by atoms with van der Waals surface area (Å²) in [6, 6.07) is 0.422. The monoisotopic (exact) mass is 546 g/mol. The van der Waals surface area contributed by atoms with Crippen molar-refractivity contribution in [2.75, 3.05) is 78.2 Å². The first kappa shape index (κ1) is 31.6. The molecule has 0 aromatic carbocycles. The minimum absolute atomic E-state index is 0.0456. The zero-order valence-corrected chi connectivity index (χ0v) is 23.3.